The van der Waals surface area contributed by atoms with Gasteiger partial charge in [0, 0.05) is 10.8 Å². The summed E-state index contributed by atoms with van der Waals surface area (Å²) in [5, 5.41) is 10.2. The molecular formula is C11H9ClN2O2S. The smallest absolute Gasteiger partial charge is 0.255 e. The number of nitrogens with zero attached hydrogens (tertiary/aromatic N) is 1. The normalized spacial score (nSPS) is 10.4. The standard InChI is InChI=1S/C11H9ClN2O2S/c12-8-3-1-2-7(4-8)6-17-11-13-9(15)5-10(16)14-11/h1-5H,6H2,(H2,13,14,15,16). The average Bonchev–Trinajstić information content (AvgIpc) is 2.25. The number of aromatic hydroxyl groups is 1. The van der Waals surface area contributed by atoms with Gasteiger partial charge in [0.25, 0.3) is 5.56 Å². The molecule has 0 aliphatic heterocycles. The molecule has 2 aromatic rings. The van der Waals surface area contributed by atoms with Crippen LogP contribution < -0.4 is 5.56 Å². The predicted octanol–water partition coefficient (Wildman–Crippen LogP) is 2.42. The molecule has 0 unspecified atom stereocenters. The second kappa shape index (κ2) is 5.25. The predicted molar refractivity (Wildman–Crippen MR) is 67.5 cm³/mol. The molecule has 0 aliphatic rings. The highest BCUT2D eigenvalue weighted by atomic mass is 35.5. The van der Waals surface area contributed by atoms with Crippen LogP contribution in [0.1, 0.15) is 5.56 Å². The SMILES string of the molecule is O=c1cc(O)nc(SCc2cccc(Cl)c2)[nH]1. The van der Waals surface area contributed by atoms with Gasteiger partial charge in [-0.15, -0.1) is 0 Å². The molecule has 0 fully saturated rings. The second-order valence-corrected chi connectivity index (χ2v) is 4.73. The third-order valence-corrected chi connectivity index (χ3v) is 3.15. The molecule has 0 saturated heterocycles. The van der Waals surface area contributed by atoms with E-state index in [1.807, 2.05) is 18.2 Å². The minimum atomic E-state index is -0.369. The maximum absolute atomic E-state index is 11.1. The summed E-state index contributed by atoms with van der Waals surface area (Å²) in [6.07, 6.45) is 0. The third-order valence-electron chi connectivity index (χ3n) is 1.97. The molecule has 0 atom stereocenters. The lowest BCUT2D eigenvalue weighted by molar-refractivity contribution is 0.444. The number of hydrogen-bond donors (Lipinski definition) is 2. The fourth-order valence-corrected chi connectivity index (χ4v) is 2.30. The zero-order chi connectivity index (χ0) is 12.3. The third kappa shape index (κ3) is 3.51. The van der Waals surface area contributed by atoms with Gasteiger partial charge in [0.05, 0.1) is 6.07 Å². The quantitative estimate of drug-likeness (QED) is 0.663. The lowest BCUT2D eigenvalue weighted by atomic mass is 10.2. The van der Waals surface area contributed by atoms with E-state index in [1.165, 1.54) is 11.8 Å². The largest absolute Gasteiger partial charge is 0.493 e. The van der Waals surface area contributed by atoms with E-state index in [1.54, 1.807) is 6.07 Å². The Labute approximate surface area is 107 Å². The van der Waals surface area contributed by atoms with Crippen LogP contribution in [0.25, 0.3) is 0 Å². The van der Waals surface area contributed by atoms with Crippen molar-refractivity contribution in [2.24, 2.45) is 0 Å². The molecule has 0 spiro atoms. The van der Waals surface area contributed by atoms with Crippen LogP contribution in [0.3, 0.4) is 0 Å². The molecule has 1 aromatic heterocycles. The van der Waals surface area contributed by atoms with Crippen molar-refractivity contribution in [3.8, 4) is 5.88 Å². The number of hydrogen-bond acceptors (Lipinski definition) is 4. The Hall–Kier alpha value is -1.46. The molecule has 6 heteroatoms. The highest BCUT2D eigenvalue weighted by molar-refractivity contribution is 7.98. The molecule has 2 N–H and O–H groups in total. The number of aromatic nitrogens is 2. The number of rotatable bonds is 3. The van der Waals surface area contributed by atoms with E-state index in [0.29, 0.717) is 15.9 Å². The van der Waals surface area contributed by atoms with Gasteiger partial charge in [-0.2, -0.15) is 4.98 Å². The number of aromatic amines is 1. The van der Waals surface area contributed by atoms with Crippen molar-refractivity contribution in [3.63, 3.8) is 0 Å². The van der Waals surface area contributed by atoms with E-state index in [-0.39, 0.29) is 11.4 Å². The summed E-state index contributed by atoms with van der Waals surface area (Å²) in [4.78, 5) is 17.4. The van der Waals surface area contributed by atoms with Gasteiger partial charge >= 0.3 is 0 Å². The topological polar surface area (TPSA) is 66.0 Å². The maximum atomic E-state index is 11.1. The van der Waals surface area contributed by atoms with Gasteiger partial charge in [0.15, 0.2) is 5.16 Å². The fraction of sp³-hybridized carbons (Fsp3) is 0.0909. The Kier molecular flexibility index (Phi) is 3.71. The molecule has 17 heavy (non-hydrogen) atoms. The van der Waals surface area contributed by atoms with Crippen LogP contribution in [0, 0.1) is 0 Å². The van der Waals surface area contributed by atoms with Crippen molar-refractivity contribution < 1.29 is 5.11 Å². The first-order valence-corrected chi connectivity index (χ1v) is 6.17. The monoisotopic (exact) mass is 268 g/mol. The van der Waals surface area contributed by atoms with Crippen LogP contribution in [0.5, 0.6) is 5.88 Å². The second-order valence-electron chi connectivity index (χ2n) is 3.33. The van der Waals surface area contributed by atoms with Crippen molar-refractivity contribution in [2.75, 3.05) is 0 Å². The molecule has 0 radical (unpaired) electrons. The van der Waals surface area contributed by atoms with Gasteiger partial charge in [0.1, 0.15) is 0 Å². The lowest BCUT2D eigenvalue weighted by Gasteiger charge is -2.01. The Balaban J connectivity index is 2.09. The molecule has 1 heterocycles. The summed E-state index contributed by atoms with van der Waals surface area (Å²) >= 11 is 7.18. The van der Waals surface area contributed by atoms with Crippen molar-refractivity contribution in [1.29, 1.82) is 0 Å². The van der Waals surface area contributed by atoms with Gasteiger partial charge < -0.3 is 10.1 Å². The first-order chi connectivity index (χ1) is 8.13. The van der Waals surface area contributed by atoms with E-state index < -0.39 is 0 Å². The fourth-order valence-electron chi connectivity index (χ4n) is 1.27. The lowest BCUT2D eigenvalue weighted by Crippen LogP contribution is -2.05. The first kappa shape index (κ1) is 12.0. The number of nitrogens with one attached hydrogen (secondary N) is 1. The van der Waals surface area contributed by atoms with Crippen LogP contribution in [0.4, 0.5) is 0 Å². The molecule has 0 saturated carbocycles. The zero-order valence-corrected chi connectivity index (χ0v) is 10.3. The van der Waals surface area contributed by atoms with Crippen molar-refractivity contribution in [2.45, 2.75) is 10.9 Å². The highest BCUT2D eigenvalue weighted by Crippen LogP contribution is 2.21. The summed E-state index contributed by atoms with van der Waals surface area (Å²) < 4.78 is 0. The Morgan fingerprint density at radius 2 is 2.24 bits per heavy atom. The summed E-state index contributed by atoms with van der Waals surface area (Å²) in [5.41, 5.74) is 0.652. The van der Waals surface area contributed by atoms with Crippen LogP contribution in [0.15, 0.2) is 40.3 Å². The first-order valence-electron chi connectivity index (χ1n) is 4.81. The van der Waals surface area contributed by atoms with Crippen LogP contribution in [0.2, 0.25) is 5.02 Å². The molecule has 88 valence electrons. The Morgan fingerprint density at radius 3 is 2.94 bits per heavy atom. The van der Waals surface area contributed by atoms with Crippen LogP contribution in [-0.2, 0) is 5.75 Å². The number of halogens is 1. The molecule has 0 aliphatic carbocycles. The minimum absolute atomic E-state index is 0.276. The maximum Gasteiger partial charge on any atom is 0.255 e. The van der Waals surface area contributed by atoms with Gasteiger partial charge in [0.2, 0.25) is 5.88 Å². The van der Waals surface area contributed by atoms with Gasteiger partial charge in [-0.3, -0.25) is 4.79 Å². The Bertz CT molecular complexity index is 586. The summed E-state index contributed by atoms with van der Waals surface area (Å²) in [6.45, 7) is 0. The summed E-state index contributed by atoms with van der Waals surface area (Å²) in [6, 6.07) is 8.46. The van der Waals surface area contributed by atoms with E-state index in [4.69, 9.17) is 16.7 Å². The van der Waals surface area contributed by atoms with Crippen molar-refractivity contribution in [3.05, 3.63) is 51.3 Å². The minimum Gasteiger partial charge on any atom is -0.493 e. The van der Waals surface area contributed by atoms with Gasteiger partial charge in [-0.1, -0.05) is 35.5 Å². The number of benzene rings is 1. The average molecular weight is 269 g/mol. The van der Waals surface area contributed by atoms with Crippen LogP contribution in [-0.4, -0.2) is 15.1 Å². The van der Waals surface area contributed by atoms with Gasteiger partial charge in [-0.05, 0) is 17.7 Å². The molecule has 0 bridgehead atoms. The van der Waals surface area contributed by atoms with Crippen molar-refractivity contribution >= 4 is 23.4 Å². The molecule has 4 nitrogen and oxygen atoms in total. The molecule has 1 aromatic carbocycles. The van der Waals surface area contributed by atoms with E-state index in [2.05, 4.69) is 9.97 Å². The summed E-state index contributed by atoms with van der Waals surface area (Å²) in [7, 11) is 0. The van der Waals surface area contributed by atoms with Gasteiger partial charge in [-0.25, -0.2) is 0 Å². The molecular weight excluding hydrogens is 260 g/mol. The van der Waals surface area contributed by atoms with E-state index in [0.717, 1.165) is 11.6 Å². The Morgan fingerprint density at radius 1 is 1.41 bits per heavy atom. The van der Waals surface area contributed by atoms with E-state index in [9.17, 15) is 4.79 Å². The molecule has 0 amide bonds. The number of H-pyrrole nitrogens is 1. The number of thioether (sulfide) groups is 1. The highest BCUT2D eigenvalue weighted by Gasteiger charge is 2.02. The van der Waals surface area contributed by atoms with Crippen LogP contribution >= 0.6 is 23.4 Å². The zero-order valence-electron chi connectivity index (χ0n) is 8.68. The summed E-state index contributed by atoms with van der Waals surface area (Å²) in [5.74, 6) is 0.342. The molecule has 2 rings (SSSR count). The van der Waals surface area contributed by atoms with Crippen molar-refractivity contribution in [1.82, 2.24) is 9.97 Å². The van der Waals surface area contributed by atoms with E-state index >= 15 is 0 Å².